The molecule has 0 unspecified atom stereocenters. The summed E-state index contributed by atoms with van der Waals surface area (Å²) in [6.45, 7) is 5.35. The maximum Gasteiger partial charge on any atom is 0.698 e. The van der Waals surface area contributed by atoms with Gasteiger partial charge in [0, 0.05) is 0 Å². The molecular weight excluding hydrogens is 264 g/mol. The van der Waals surface area contributed by atoms with Gasteiger partial charge in [-0.05, 0) is 19.6 Å². The van der Waals surface area contributed by atoms with Crippen LogP contribution in [0.3, 0.4) is 0 Å². The average Bonchev–Trinajstić information content (AvgIpc) is 1.76. The zero-order valence-corrected chi connectivity index (χ0v) is 11.4. The molecule has 0 aromatic carbocycles. The molecule has 0 radical (unpaired) electrons. The van der Waals surface area contributed by atoms with Crippen molar-refractivity contribution in [3.63, 3.8) is 0 Å². The van der Waals surface area contributed by atoms with E-state index in [2.05, 4.69) is 9.15 Å². The minimum Gasteiger partial charge on any atom is -0.368 e. The highest BCUT2D eigenvalue weighted by molar-refractivity contribution is 6.69. The Kier molecular flexibility index (Phi) is 7.23. The lowest BCUT2D eigenvalue weighted by Gasteiger charge is -2.17. The highest BCUT2D eigenvalue weighted by Crippen LogP contribution is 2.04. The molecule has 0 spiro atoms. The molecule has 0 aromatic heterocycles. The van der Waals surface area contributed by atoms with Crippen molar-refractivity contribution >= 4 is 26.4 Å². The molecule has 0 bridgehead atoms. The van der Waals surface area contributed by atoms with Gasteiger partial charge >= 0.3 is 18.1 Å². The molecule has 15 heavy (non-hydrogen) atoms. The molecule has 94 valence electrons. The van der Waals surface area contributed by atoms with E-state index in [4.69, 9.17) is 33.6 Å². The van der Waals surface area contributed by atoms with Crippen LogP contribution in [-0.4, -0.2) is 60.0 Å². The van der Waals surface area contributed by atoms with E-state index in [0.29, 0.717) is 0 Å². The van der Waals surface area contributed by atoms with Crippen molar-refractivity contribution < 1.29 is 42.7 Å². The summed E-state index contributed by atoms with van der Waals surface area (Å²) in [7, 11) is -11.0. The molecule has 0 saturated carbocycles. The van der Waals surface area contributed by atoms with Gasteiger partial charge in [0.05, 0.1) is 0 Å². The molecule has 0 rings (SSSR count). The van der Waals surface area contributed by atoms with Crippen LogP contribution in [0.5, 0.6) is 0 Å². The fourth-order valence-electron chi connectivity index (χ4n) is 0.181. The second kappa shape index (κ2) is 6.13. The number of hydrogen-bond acceptors (Lipinski definition) is 9. The second-order valence-electron chi connectivity index (χ2n) is 3.45. The Bertz CT molecular complexity index is 145. The minimum absolute atomic E-state index is 1.78. The summed E-state index contributed by atoms with van der Waals surface area (Å²) >= 11 is 0. The van der Waals surface area contributed by atoms with E-state index < -0.39 is 26.4 Å². The molecule has 0 fully saturated rings. The van der Waals surface area contributed by atoms with Crippen molar-refractivity contribution in [2.75, 3.05) is 0 Å². The second-order valence-corrected chi connectivity index (χ2v) is 10.4. The monoisotopic (exact) mass is 280 g/mol. The van der Waals surface area contributed by atoms with Crippen molar-refractivity contribution in [2.24, 2.45) is 0 Å². The zero-order chi connectivity index (χ0) is 12.9. The van der Waals surface area contributed by atoms with Crippen LogP contribution in [0.4, 0.5) is 0 Å². The van der Waals surface area contributed by atoms with Crippen molar-refractivity contribution in [1.29, 1.82) is 0 Å². The Morgan fingerprint density at radius 1 is 0.667 bits per heavy atom. The largest absolute Gasteiger partial charge is 0.698 e. The molecule has 0 atom stereocenters. The van der Waals surface area contributed by atoms with Gasteiger partial charge in [-0.1, -0.05) is 0 Å². The predicted octanol–water partition coefficient (Wildman–Crippen LogP) is -3.43. The standard InChI is InChI=1S/C3H12O5Si2.H4O4Si/c1-9(2,3)7-8-10(4,5)6;1-5(2,3)4/h4-6H,1-3H3;1-4H. The first-order valence-corrected chi connectivity index (χ1v) is 10.6. The van der Waals surface area contributed by atoms with Crippen LogP contribution in [0.25, 0.3) is 0 Å². The summed E-state index contributed by atoms with van der Waals surface area (Å²) in [5, 5.41) is 0. The predicted molar refractivity (Wildman–Crippen MR) is 52.6 cm³/mol. The lowest BCUT2D eigenvalue weighted by Crippen LogP contribution is -2.42. The van der Waals surface area contributed by atoms with Gasteiger partial charge < -0.3 is 33.6 Å². The highest BCUT2D eigenvalue weighted by atomic mass is 28.4. The first-order valence-electron chi connectivity index (χ1n) is 3.64. The van der Waals surface area contributed by atoms with Gasteiger partial charge in [-0.2, -0.15) is 0 Å². The van der Waals surface area contributed by atoms with Gasteiger partial charge in [0.25, 0.3) is 0 Å². The van der Waals surface area contributed by atoms with Gasteiger partial charge in [-0.25, -0.2) is 4.58 Å². The molecule has 0 aliphatic carbocycles. The van der Waals surface area contributed by atoms with Crippen molar-refractivity contribution in [3.8, 4) is 0 Å². The summed E-state index contributed by atoms with van der Waals surface area (Å²) < 4.78 is 8.51. The Hall–Kier alpha value is 0.291. The zero-order valence-electron chi connectivity index (χ0n) is 8.45. The lowest BCUT2D eigenvalue weighted by atomic mass is 11.8. The number of rotatable bonds is 3. The summed E-state index contributed by atoms with van der Waals surface area (Å²) in [4.78, 5) is 54.2. The van der Waals surface area contributed by atoms with Crippen molar-refractivity contribution in [2.45, 2.75) is 19.6 Å². The molecule has 0 saturated heterocycles. The van der Waals surface area contributed by atoms with E-state index in [9.17, 15) is 0 Å². The third-order valence-corrected chi connectivity index (χ3v) is 1.46. The van der Waals surface area contributed by atoms with Gasteiger partial charge in [-0.3, -0.25) is 4.58 Å². The van der Waals surface area contributed by atoms with Crippen LogP contribution in [0.2, 0.25) is 19.6 Å². The van der Waals surface area contributed by atoms with Crippen LogP contribution in [0, 0.1) is 0 Å². The molecular formula is C3H16O9Si3. The fraction of sp³-hybridized carbons (Fsp3) is 1.00. The highest BCUT2D eigenvalue weighted by Gasteiger charge is 2.35. The average molecular weight is 280 g/mol. The number of hydrogen-bond donors (Lipinski definition) is 7. The topological polar surface area (TPSA) is 160 Å². The third-order valence-electron chi connectivity index (χ3n) is 0.403. The molecule has 0 aromatic rings. The molecule has 0 aliphatic rings. The first kappa shape index (κ1) is 17.7. The van der Waals surface area contributed by atoms with Crippen molar-refractivity contribution in [1.82, 2.24) is 0 Å². The Morgan fingerprint density at radius 3 is 1.00 bits per heavy atom. The normalized spacial score (nSPS) is 13.2. The molecule has 12 heteroatoms. The van der Waals surface area contributed by atoms with Gasteiger partial charge in [0.2, 0.25) is 8.32 Å². The maximum atomic E-state index is 8.31. The smallest absolute Gasteiger partial charge is 0.368 e. The molecule has 9 nitrogen and oxygen atoms in total. The van der Waals surface area contributed by atoms with Gasteiger partial charge in [0.15, 0.2) is 0 Å². The van der Waals surface area contributed by atoms with Crippen LogP contribution in [0.15, 0.2) is 0 Å². The Labute approximate surface area is 89.4 Å². The van der Waals surface area contributed by atoms with Gasteiger partial charge in [0.1, 0.15) is 0 Å². The van der Waals surface area contributed by atoms with E-state index in [1.54, 1.807) is 19.6 Å². The molecule has 7 N–H and O–H groups in total. The Morgan fingerprint density at radius 2 is 0.933 bits per heavy atom. The molecule has 0 heterocycles. The summed E-state index contributed by atoms with van der Waals surface area (Å²) in [6, 6.07) is 0. The van der Waals surface area contributed by atoms with Gasteiger partial charge in [-0.15, -0.1) is 0 Å². The van der Waals surface area contributed by atoms with E-state index >= 15 is 0 Å². The quantitative estimate of drug-likeness (QED) is 0.158. The lowest BCUT2D eigenvalue weighted by molar-refractivity contribution is -0.187. The van der Waals surface area contributed by atoms with Crippen LogP contribution < -0.4 is 0 Å². The molecule has 0 amide bonds. The fourth-order valence-corrected chi connectivity index (χ4v) is 1.63. The summed E-state index contributed by atoms with van der Waals surface area (Å²) in [6.07, 6.45) is 0. The van der Waals surface area contributed by atoms with Crippen LogP contribution in [-0.2, 0) is 9.15 Å². The molecule has 0 aliphatic heterocycles. The SMILES string of the molecule is C[Si](C)(C)OO[Si](O)(O)O.O[Si](O)(O)O. The third kappa shape index (κ3) is 40.6. The summed E-state index contributed by atoms with van der Waals surface area (Å²) in [5.41, 5.74) is 0. The van der Waals surface area contributed by atoms with E-state index in [1.165, 1.54) is 0 Å². The first-order chi connectivity index (χ1) is 6.21. The van der Waals surface area contributed by atoms with Crippen molar-refractivity contribution in [3.05, 3.63) is 0 Å². The van der Waals surface area contributed by atoms with Crippen LogP contribution in [0.1, 0.15) is 0 Å². The van der Waals surface area contributed by atoms with Crippen LogP contribution >= 0.6 is 0 Å². The van der Waals surface area contributed by atoms with E-state index in [1.807, 2.05) is 0 Å². The maximum absolute atomic E-state index is 8.31. The van der Waals surface area contributed by atoms with E-state index in [0.717, 1.165) is 0 Å². The Balaban J connectivity index is 0. The minimum atomic E-state index is -4.61. The summed E-state index contributed by atoms with van der Waals surface area (Å²) in [5.74, 6) is 0. The van der Waals surface area contributed by atoms with E-state index in [-0.39, 0.29) is 0 Å².